The first kappa shape index (κ1) is 22.8. The molecule has 2 amide bonds. The maximum absolute atomic E-state index is 11.7. The Hall–Kier alpha value is -3.94. The molecule has 35 heavy (non-hydrogen) atoms. The van der Waals surface area contributed by atoms with Gasteiger partial charge in [0.15, 0.2) is 5.76 Å². The molecule has 5 N–H and O–H groups in total. The van der Waals surface area contributed by atoms with Gasteiger partial charge in [-0.2, -0.15) is 0 Å². The van der Waals surface area contributed by atoms with Gasteiger partial charge in [0, 0.05) is 55.1 Å². The minimum Gasteiger partial charge on any atom is -0.385 e. The van der Waals surface area contributed by atoms with Gasteiger partial charge in [0.1, 0.15) is 17.6 Å². The zero-order valence-corrected chi connectivity index (χ0v) is 19.2. The monoisotopic (exact) mass is 474 g/mol. The summed E-state index contributed by atoms with van der Waals surface area (Å²) in [6.45, 7) is 3.01. The fourth-order valence-electron chi connectivity index (χ4n) is 4.82. The highest BCUT2D eigenvalue weighted by molar-refractivity contribution is 6.34. The largest absolute Gasteiger partial charge is 0.385 e. The maximum atomic E-state index is 11.7. The molecule has 4 atom stereocenters. The Morgan fingerprint density at radius 2 is 1.97 bits per heavy atom. The van der Waals surface area contributed by atoms with Crippen LogP contribution >= 0.6 is 0 Å². The minimum absolute atomic E-state index is 0.242. The van der Waals surface area contributed by atoms with E-state index in [0.29, 0.717) is 42.2 Å². The smallest absolute Gasteiger partial charge is 0.311 e. The van der Waals surface area contributed by atoms with Crippen LogP contribution in [-0.4, -0.2) is 56.2 Å². The van der Waals surface area contributed by atoms with Gasteiger partial charge < -0.3 is 30.6 Å². The fraction of sp³-hybridized carbons (Fsp3) is 0.360. The molecular weight excluding hydrogens is 448 g/mol. The highest BCUT2D eigenvalue weighted by Crippen LogP contribution is 2.51. The molecular formula is C25H26N6O4. The lowest BCUT2D eigenvalue weighted by atomic mass is 10.1. The molecule has 0 bridgehead atoms. The summed E-state index contributed by atoms with van der Waals surface area (Å²) in [4.78, 5) is 28.5. The molecule has 180 valence electrons. The number of amides is 2. The number of hydrogen-bond donors (Lipinski definition) is 3. The molecule has 10 heteroatoms. The summed E-state index contributed by atoms with van der Waals surface area (Å²) < 4.78 is 7.38. The van der Waals surface area contributed by atoms with Crippen molar-refractivity contribution in [2.24, 2.45) is 29.2 Å². The van der Waals surface area contributed by atoms with E-state index in [2.05, 4.69) is 22.0 Å². The third kappa shape index (κ3) is 4.32. The van der Waals surface area contributed by atoms with Crippen molar-refractivity contribution >= 4 is 11.8 Å². The van der Waals surface area contributed by atoms with E-state index in [4.69, 9.17) is 16.0 Å². The molecule has 2 unspecified atom stereocenters. The third-order valence-corrected chi connectivity index (χ3v) is 6.75. The van der Waals surface area contributed by atoms with Crippen molar-refractivity contribution in [3.63, 3.8) is 0 Å². The second kappa shape index (κ2) is 9.02. The summed E-state index contributed by atoms with van der Waals surface area (Å²) in [5, 5.41) is 14.2. The molecule has 0 spiro atoms. The van der Waals surface area contributed by atoms with Gasteiger partial charge >= 0.3 is 11.8 Å². The normalized spacial score (nSPS) is 22.1. The summed E-state index contributed by atoms with van der Waals surface area (Å²) in [5.74, 6) is 6.98. The Kier molecular flexibility index (Phi) is 5.88. The summed E-state index contributed by atoms with van der Waals surface area (Å²) >= 11 is 0. The number of hydrogen-bond acceptors (Lipinski definition) is 7. The SMILES string of the molecule is C[C@H](O)c1nccn1[C@H](CN)c1cc(-c2ccc(C#CC3C4CN(C(=O)C(N)=O)CC34)cc2)on1. The standard InChI is InChI=1S/C25H26N6O4/c1-14(32)24-28-8-9-31(24)21(11-26)20-10-22(35-29-20)16-5-2-15(3-6-16)4-7-17-18-12-30(13-19(17)18)25(34)23(27)33/h2-3,5-6,8-10,14,17-19,21,32H,11-13,26H2,1H3,(H2,27,33)/t14-,17?,18?,19?,21+/m0/s1. The second-order valence-corrected chi connectivity index (χ2v) is 9.01. The second-order valence-electron chi connectivity index (χ2n) is 9.01. The number of likely N-dealkylation sites (tertiary alicyclic amines) is 1. The molecule has 5 rings (SSSR count). The van der Waals surface area contributed by atoms with E-state index >= 15 is 0 Å². The molecule has 3 aromatic rings. The Bertz CT molecular complexity index is 1300. The molecule has 1 aliphatic carbocycles. The number of aliphatic hydroxyl groups excluding tert-OH is 1. The fourth-order valence-corrected chi connectivity index (χ4v) is 4.82. The minimum atomic E-state index is -0.905. The molecule has 2 aromatic heterocycles. The van der Waals surface area contributed by atoms with Gasteiger partial charge in [-0.15, -0.1) is 0 Å². The Morgan fingerprint density at radius 1 is 1.26 bits per heavy atom. The number of nitrogens with zero attached hydrogens (tertiary/aromatic N) is 4. The number of benzene rings is 1. The number of rotatable bonds is 5. The third-order valence-electron chi connectivity index (χ3n) is 6.75. The number of primary amides is 1. The average Bonchev–Trinajstić information content (AvgIpc) is 3.36. The van der Waals surface area contributed by atoms with Crippen LogP contribution in [0.15, 0.2) is 47.2 Å². The lowest BCUT2D eigenvalue weighted by Gasteiger charge is -2.17. The van der Waals surface area contributed by atoms with Gasteiger partial charge in [0.05, 0.1) is 6.04 Å². The zero-order valence-electron chi connectivity index (χ0n) is 19.2. The van der Waals surface area contributed by atoms with E-state index in [1.54, 1.807) is 23.9 Å². The summed E-state index contributed by atoms with van der Waals surface area (Å²) in [6.07, 6.45) is 2.66. The van der Waals surface area contributed by atoms with Crippen LogP contribution in [0.4, 0.5) is 0 Å². The number of piperidine rings is 1. The van der Waals surface area contributed by atoms with Crippen LogP contribution in [0.5, 0.6) is 0 Å². The van der Waals surface area contributed by atoms with Crippen molar-refractivity contribution in [2.45, 2.75) is 19.1 Å². The van der Waals surface area contributed by atoms with E-state index < -0.39 is 17.9 Å². The van der Waals surface area contributed by atoms with Crippen LogP contribution in [0.25, 0.3) is 11.3 Å². The molecule has 1 aromatic carbocycles. The lowest BCUT2D eigenvalue weighted by molar-refractivity contribution is -0.143. The van der Waals surface area contributed by atoms with Gasteiger partial charge in [-0.1, -0.05) is 17.0 Å². The highest BCUT2D eigenvalue weighted by atomic mass is 16.5. The Balaban J connectivity index is 1.24. The maximum Gasteiger partial charge on any atom is 0.311 e. The molecule has 10 nitrogen and oxygen atoms in total. The molecule has 2 aliphatic rings. The average molecular weight is 475 g/mol. The predicted octanol–water partition coefficient (Wildman–Crippen LogP) is 0.681. The van der Waals surface area contributed by atoms with E-state index in [-0.39, 0.29) is 18.5 Å². The summed E-state index contributed by atoms with van der Waals surface area (Å²) in [6, 6.07) is 9.23. The van der Waals surface area contributed by atoms with Gasteiger partial charge in [0.25, 0.3) is 0 Å². The zero-order chi connectivity index (χ0) is 24.7. The van der Waals surface area contributed by atoms with E-state index in [1.807, 2.05) is 30.3 Å². The van der Waals surface area contributed by atoms with Crippen LogP contribution in [0.1, 0.15) is 36.2 Å². The number of fused-ring (bicyclic) bond motifs is 1. The van der Waals surface area contributed by atoms with Crippen molar-refractivity contribution in [1.29, 1.82) is 0 Å². The summed E-state index contributed by atoms with van der Waals surface area (Å²) in [7, 11) is 0. The van der Waals surface area contributed by atoms with Crippen LogP contribution in [0, 0.1) is 29.6 Å². The molecule has 3 heterocycles. The van der Waals surface area contributed by atoms with Crippen molar-refractivity contribution in [3.8, 4) is 23.2 Å². The van der Waals surface area contributed by atoms with Gasteiger partial charge in [-0.3, -0.25) is 9.59 Å². The number of nitrogens with two attached hydrogens (primary N) is 2. The first-order chi connectivity index (χ1) is 16.9. The van der Waals surface area contributed by atoms with Crippen LogP contribution < -0.4 is 11.5 Å². The number of carbonyl (C=O) groups is 2. The first-order valence-corrected chi connectivity index (χ1v) is 11.5. The predicted molar refractivity (Wildman–Crippen MR) is 125 cm³/mol. The lowest BCUT2D eigenvalue weighted by Crippen LogP contribution is -2.40. The molecule has 0 radical (unpaired) electrons. The van der Waals surface area contributed by atoms with Gasteiger partial charge in [-0.25, -0.2) is 4.98 Å². The first-order valence-electron chi connectivity index (χ1n) is 11.5. The Labute approximate surface area is 201 Å². The summed E-state index contributed by atoms with van der Waals surface area (Å²) in [5.41, 5.74) is 13.5. The molecule has 1 saturated heterocycles. The van der Waals surface area contributed by atoms with Crippen molar-refractivity contribution < 1.29 is 19.2 Å². The van der Waals surface area contributed by atoms with Crippen LogP contribution in [0.2, 0.25) is 0 Å². The number of carbonyl (C=O) groups excluding carboxylic acids is 2. The number of aliphatic hydroxyl groups is 1. The van der Waals surface area contributed by atoms with E-state index in [0.717, 1.165) is 11.1 Å². The highest BCUT2D eigenvalue weighted by Gasteiger charge is 2.56. The van der Waals surface area contributed by atoms with Crippen LogP contribution in [0.3, 0.4) is 0 Å². The van der Waals surface area contributed by atoms with Crippen molar-refractivity contribution in [3.05, 3.63) is 59.8 Å². The van der Waals surface area contributed by atoms with E-state index in [1.165, 1.54) is 4.90 Å². The van der Waals surface area contributed by atoms with Crippen molar-refractivity contribution in [1.82, 2.24) is 19.6 Å². The van der Waals surface area contributed by atoms with Crippen LogP contribution in [-0.2, 0) is 9.59 Å². The van der Waals surface area contributed by atoms with Gasteiger partial charge in [-0.05, 0) is 43.0 Å². The molecule has 2 fully saturated rings. The number of imidazole rings is 1. The van der Waals surface area contributed by atoms with E-state index in [9.17, 15) is 14.7 Å². The molecule has 1 aliphatic heterocycles. The topological polar surface area (TPSA) is 154 Å². The van der Waals surface area contributed by atoms with Gasteiger partial charge in [0.2, 0.25) is 0 Å². The quantitative estimate of drug-likeness (QED) is 0.363. The Morgan fingerprint density at radius 3 is 2.60 bits per heavy atom. The van der Waals surface area contributed by atoms with Crippen molar-refractivity contribution in [2.75, 3.05) is 19.6 Å². The number of aromatic nitrogens is 3. The molecule has 1 saturated carbocycles.